The van der Waals surface area contributed by atoms with E-state index in [-0.39, 0.29) is 5.91 Å². The molecule has 0 bridgehead atoms. The zero-order chi connectivity index (χ0) is 14.5. The highest BCUT2D eigenvalue weighted by molar-refractivity contribution is 6.05. The number of nitrogens with two attached hydrogens (primary N) is 2. The third kappa shape index (κ3) is 3.21. The normalized spacial score (nSPS) is 10.1. The smallest absolute Gasteiger partial charge is 0.255 e. The summed E-state index contributed by atoms with van der Waals surface area (Å²) in [4.78, 5) is 23.2. The van der Waals surface area contributed by atoms with Crippen LogP contribution < -0.4 is 16.8 Å². The summed E-state index contributed by atoms with van der Waals surface area (Å²) in [6.07, 6.45) is 0. The molecular formula is C15H15N3O2. The van der Waals surface area contributed by atoms with Crippen LogP contribution >= 0.6 is 0 Å². The van der Waals surface area contributed by atoms with Gasteiger partial charge in [0.15, 0.2) is 0 Å². The summed E-state index contributed by atoms with van der Waals surface area (Å²) < 4.78 is 0. The van der Waals surface area contributed by atoms with Crippen LogP contribution in [0.2, 0.25) is 0 Å². The molecule has 5 heteroatoms. The summed E-state index contributed by atoms with van der Waals surface area (Å²) in [6.45, 7) is 0.373. The summed E-state index contributed by atoms with van der Waals surface area (Å²) in [5, 5.41) is 2.72. The van der Waals surface area contributed by atoms with E-state index < -0.39 is 5.91 Å². The number of primary amides is 1. The van der Waals surface area contributed by atoms with E-state index >= 15 is 0 Å². The lowest BCUT2D eigenvalue weighted by Gasteiger charge is -2.07. The van der Waals surface area contributed by atoms with Crippen LogP contribution in [0.5, 0.6) is 0 Å². The minimum Gasteiger partial charge on any atom is -0.366 e. The SMILES string of the molecule is NCc1cccc(C(=O)Nc2cccc(C(N)=O)c2)c1. The van der Waals surface area contributed by atoms with E-state index in [0.717, 1.165) is 5.56 Å². The molecule has 0 aliphatic heterocycles. The predicted molar refractivity (Wildman–Crippen MR) is 77.2 cm³/mol. The van der Waals surface area contributed by atoms with Gasteiger partial charge in [0.1, 0.15) is 0 Å². The van der Waals surface area contributed by atoms with Crippen LogP contribution in [0.3, 0.4) is 0 Å². The summed E-state index contributed by atoms with van der Waals surface area (Å²) in [5.41, 5.74) is 13.0. The van der Waals surface area contributed by atoms with Gasteiger partial charge >= 0.3 is 0 Å². The van der Waals surface area contributed by atoms with Crippen LogP contribution in [-0.2, 0) is 6.54 Å². The molecule has 0 aliphatic rings. The van der Waals surface area contributed by atoms with Crippen LogP contribution in [0.4, 0.5) is 5.69 Å². The molecule has 0 saturated heterocycles. The highest BCUT2D eigenvalue weighted by atomic mass is 16.2. The second kappa shape index (κ2) is 5.99. The molecule has 0 atom stereocenters. The number of amides is 2. The fourth-order valence-corrected chi connectivity index (χ4v) is 1.79. The molecule has 2 rings (SSSR count). The van der Waals surface area contributed by atoms with Gasteiger partial charge in [0, 0.05) is 23.4 Å². The Labute approximate surface area is 116 Å². The second-order valence-electron chi connectivity index (χ2n) is 4.30. The van der Waals surface area contributed by atoms with E-state index in [1.54, 1.807) is 36.4 Å². The summed E-state index contributed by atoms with van der Waals surface area (Å²) in [6, 6.07) is 13.5. The third-order valence-corrected chi connectivity index (χ3v) is 2.83. The minimum atomic E-state index is -0.536. The van der Waals surface area contributed by atoms with Gasteiger partial charge in [0.05, 0.1) is 0 Å². The Morgan fingerprint density at radius 2 is 1.70 bits per heavy atom. The Kier molecular flexibility index (Phi) is 4.12. The van der Waals surface area contributed by atoms with E-state index in [9.17, 15) is 9.59 Å². The first kappa shape index (κ1) is 13.8. The number of carbonyl (C=O) groups excluding carboxylic acids is 2. The highest BCUT2D eigenvalue weighted by Crippen LogP contribution is 2.13. The lowest BCUT2D eigenvalue weighted by Crippen LogP contribution is -2.14. The second-order valence-corrected chi connectivity index (χ2v) is 4.30. The Morgan fingerprint density at radius 3 is 2.40 bits per heavy atom. The molecular weight excluding hydrogens is 254 g/mol. The van der Waals surface area contributed by atoms with Gasteiger partial charge in [-0.1, -0.05) is 18.2 Å². The van der Waals surface area contributed by atoms with Crippen molar-refractivity contribution in [2.45, 2.75) is 6.54 Å². The molecule has 5 nitrogen and oxygen atoms in total. The molecule has 2 amide bonds. The van der Waals surface area contributed by atoms with Crippen molar-refractivity contribution in [1.29, 1.82) is 0 Å². The van der Waals surface area contributed by atoms with Crippen molar-refractivity contribution in [3.05, 3.63) is 65.2 Å². The van der Waals surface area contributed by atoms with Crippen molar-refractivity contribution in [1.82, 2.24) is 0 Å². The molecule has 20 heavy (non-hydrogen) atoms. The van der Waals surface area contributed by atoms with Crippen molar-refractivity contribution >= 4 is 17.5 Å². The highest BCUT2D eigenvalue weighted by Gasteiger charge is 2.08. The minimum absolute atomic E-state index is 0.262. The zero-order valence-electron chi connectivity index (χ0n) is 10.8. The first-order valence-electron chi connectivity index (χ1n) is 6.10. The molecule has 0 unspecified atom stereocenters. The van der Waals surface area contributed by atoms with Crippen LogP contribution in [0.25, 0.3) is 0 Å². The Morgan fingerprint density at radius 1 is 1.00 bits per heavy atom. The molecule has 0 heterocycles. The number of anilines is 1. The van der Waals surface area contributed by atoms with Crippen molar-refractivity contribution in [3.63, 3.8) is 0 Å². The molecule has 0 saturated carbocycles. The molecule has 5 N–H and O–H groups in total. The Hall–Kier alpha value is -2.66. The van der Waals surface area contributed by atoms with Crippen molar-refractivity contribution in [3.8, 4) is 0 Å². The van der Waals surface area contributed by atoms with E-state index in [0.29, 0.717) is 23.4 Å². The average molecular weight is 269 g/mol. The molecule has 0 aromatic heterocycles. The predicted octanol–water partition coefficient (Wildman–Crippen LogP) is 1.50. The standard InChI is InChI=1S/C15H15N3O2/c16-9-10-3-1-5-12(7-10)15(20)18-13-6-2-4-11(8-13)14(17)19/h1-8H,9,16H2,(H2,17,19)(H,18,20). The Balaban J connectivity index is 2.18. The van der Waals surface area contributed by atoms with Crippen LogP contribution in [0.1, 0.15) is 26.3 Å². The van der Waals surface area contributed by atoms with Gasteiger partial charge in [-0.3, -0.25) is 9.59 Å². The summed E-state index contributed by atoms with van der Waals surface area (Å²) >= 11 is 0. The van der Waals surface area contributed by atoms with Gasteiger partial charge in [0.25, 0.3) is 5.91 Å². The number of rotatable bonds is 4. The molecule has 102 valence electrons. The van der Waals surface area contributed by atoms with Gasteiger partial charge in [-0.15, -0.1) is 0 Å². The van der Waals surface area contributed by atoms with Crippen molar-refractivity contribution in [2.24, 2.45) is 11.5 Å². The number of benzene rings is 2. The molecule has 2 aromatic carbocycles. The molecule has 0 fully saturated rings. The third-order valence-electron chi connectivity index (χ3n) is 2.83. The van der Waals surface area contributed by atoms with Crippen LogP contribution in [0.15, 0.2) is 48.5 Å². The first-order valence-corrected chi connectivity index (χ1v) is 6.10. The van der Waals surface area contributed by atoms with E-state index in [1.807, 2.05) is 6.07 Å². The molecule has 2 aromatic rings. The van der Waals surface area contributed by atoms with Crippen LogP contribution in [-0.4, -0.2) is 11.8 Å². The number of hydrogen-bond donors (Lipinski definition) is 3. The zero-order valence-corrected chi connectivity index (χ0v) is 10.8. The quantitative estimate of drug-likeness (QED) is 0.784. The van der Waals surface area contributed by atoms with Gasteiger partial charge < -0.3 is 16.8 Å². The van der Waals surface area contributed by atoms with Gasteiger partial charge in [0.2, 0.25) is 5.91 Å². The number of nitrogens with one attached hydrogen (secondary N) is 1. The van der Waals surface area contributed by atoms with Crippen LogP contribution in [0, 0.1) is 0 Å². The maximum atomic E-state index is 12.1. The lowest BCUT2D eigenvalue weighted by atomic mass is 10.1. The van der Waals surface area contributed by atoms with Gasteiger partial charge in [-0.05, 0) is 35.9 Å². The van der Waals surface area contributed by atoms with Gasteiger partial charge in [-0.2, -0.15) is 0 Å². The maximum Gasteiger partial charge on any atom is 0.255 e. The fraction of sp³-hybridized carbons (Fsp3) is 0.0667. The van der Waals surface area contributed by atoms with Crippen molar-refractivity contribution < 1.29 is 9.59 Å². The van der Waals surface area contributed by atoms with E-state index in [4.69, 9.17) is 11.5 Å². The van der Waals surface area contributed by atoms with E-state index in [2.05, 4.69) is 5.32 Å². The molecule has 0 spiro atoms. The lowest BCUT2D eigenvalue weighted by molar-refractivity contribution is 0.0996. The van der Waals surface area contributed by atoms with Crippen molar-refractivity contribution in [2.75, 3.05) is 5.32 Å². The maximum absolute atomic E-state index is 12.1. The number of hydrogen-bond acceptors (Lipinski definition) is 3. The van der Waals surface area contributed by atoms with E-state index in [1.165, 1.54) is 6.07 Å². The fourth-order valence-electron chi connectivity index (χ4n) is 1.79. The average Bonchev–Trinajstić information content (AvgIpc) is 2.47. The first-order chi connectivity index (χ1) is 9.60. The summed E-state index contributed by atoms with van der Waals surface area (Å²) in [7, 11) is 0. The Bertz CT molecular complexity index is 653. The summed E-state index contributed by atoms with van der Waals surface area (Å²) in [5.74, 6) is -0.798. The molecule has 0 aliphatic carbocycles. The van der Waals surface area contributed by atoms with Gasteiger partial charge in [-0.25, -0.2) is 0 Å². The number of carbonyl (C=O) groups is 2. The molecule has 0 radical (unpaired) electrons. The largest absolute Gasteiger partial charge is 0.366 e. The topological polar surface area (TPSA) is 98.2 Å². The monoisotopic (exact) mass is 269 g/mol.